The summed E-state index contributed by atoms with van der Waals surface area (Å²) in [6, 6.07) is 17.5. The van der Waals surface area contributed by atoms with Crippen molar-refractivity contribution >= 4 is 17.5 Å². The van der Waals surface area contributed by atoms with Crippen molar-refractivity contribution in [3.63, 3.8) is 0 Å². The Hall–Kier alpha value is -3.93. The number of nitro benzene ring substituents is 1. The third kappa shape index (κ3) is 3.80. The van der Waals surface area contributed by atoms with Crippen molar-refractivity contribution < 1.29 is 19.2 Å². The van der Waals surface area contributed by atoms with E-state index in [2.05, 4.69) is 0 Å². The van der Waals surface area contributed by atoms with Gasteiger partial charge in [0.1, 0.15) is 18.1 Å². The number of carbonyl (C=O) groups excluding carboxylic acids is 1. The molecular weight excluding hydrogens is 382 g/mol. The zero-order valence-electron chi connectivity index (χ0n) is 16.5. The standard InChI is InChI=1S/C24H19NO5/c1-15-5-3-4-6-18(15)12-22-24(26)23-16(2)11-20(13-21(23)30-22)29-14-17-7-9-19(10-8-17)25(27)28/h3-13H,14H2,1-2H3/b22-12-. The minimum absolute atomic E-state index is 0.0343. The molecule has 0 spiro atoms. The maximum absolute atomic E-state index is 12.8. The fraction of sp³-hybridized carbons (Fsp3) is 0.125. The number of rotatable bonds is 5. The summed E-state index contributed by atoms with van der Waals surface area (Å²) in [5.74, 6) is 1.18. The third-order valence-electron chi connectivity index (χ3n) is 4.97. The summed E-state index contributed by atoms with van der Waals surface area (Å²) in [6.07, 6.45) is 1.76. The zero-order chi connectivity index (χ0) is 21.3. The Morgan fingerprint density at radius 3 is 2.47 bits per heavy atom. The molecule has 0 N–H and O–H groups in total. The van der Waals surface area contributed by atoms with Crippen molar-refractivity contribution in [1.29, 1.82) is 0 Å². The number of allylic oxidation sites excluding steroid dienone is 1. The molecule has 6 heteroatoms. The number of nitrogens with zero attached hydrogens (tertiary/aromatic N) is 1. The van der Waals surface area contributed by atoms with E-state index in [-0.39, 0.29) is 23.8 Å². The van der Waals surface area contributed by atoms with Gasteiger partial charge < -0.3 is 9.47 Å². The van der Waals surface area contributed by atoms with Gasteiger partial charge in [0, 0.05) is 18.2 Å². The Bertz CT molecular complexity index is 1180. The van der Waals surface area contributed by atoms with Crippen LogP contribution in [0.2, 0.25) is 0 Å². The first-order valence-corrected chi connectivity index (χ1v) is 9.43. The Morgan fingerprint density at radius 2 is 1.77 bits per heavy atom. The van der Waals surface area contributed by atoms with Crippen molar-refractivity contribution in [2.75, 3.05) is 0 Å². The van der Waals surface area contributed by atoms with E-state index in [1.165, 1.54) is 12.1 Å². The molecule has 1 aliphatic rings. The van der Waals surface area contributed by atoms with Crippen LogP contribution in [0.3, 0.4) is 0 Å². The summed E-state index contributed by atoms with van der Waals surface area (Å²) in [7, 11) is 0. The Balaban J connectivity index is 1.54. The average molecular weight is 401 g/mol. The number of ether oxygens (including phenoxy) is 2. The largest absolute Gasteiger partial charge is 0.489 e. The molecule has 0 radical (unpaired) electrons. The fourth-order valence-corrected chi connectivity index (χ4v) is 3.33. The number of nitro groups is 1. The first kappa shape index (κ1) is 19.4. The summed E-state index contributed by atoms with van der Waals surface area (Å²) in [5.41, 5.74) is 4.13. The number of aryl methyl sites for hydroxylation is 2. The van der Waals surface area contributed by atoms with Crippen molar-refractivity contribution in [3.8, 4) is 11.5 Å². The monoisotopic (exact) mass is 401 g/mol. The molecule has 30 heavy (non-hydrogen) atoms. The molecule has 0 amide bonds. The predicted molar refractivity (Wildman–Crippen MR) is 113 cm³/mol. The highest BCUT2D eigenvalue weighted by Gasteiger charge is 2.30. The summed E-state index contributed by atoms with van der Waals surface area (Å²) in [6.45, 7) is 4.07. The first-order chi connectivity index (χ1) is 14.4. The Kier molecular flexibility index (Phi) is 5.06. The number of Topliss-reactive ketones (excluding diaryl/α,β-unsaturated/α-hetero) is 1. The van der Waals surface area contributed by atoms with E-state index < -0.39 is 4.92 Å². The van der Waals surface area contributed by atoms with Crippen molar-refractivity contribution in [2.24, 2.45) is 0 Å². The van der Waals surface area contributed by atoms with Crippen LogP contribution in [0.5, 0.6) is 11.5 Å². The molecule has 0 saturated carbocycles. The number of non-ortho nitro benzene ring substituents is 1. The van der Waals surface area contributed by atoms with Crippen molar-refractivity contribution in [3.05, 3.63) is 104 Å². The van der Waals surface area contributed by atoms with Gasteiger partial charge in [0.2, 0.25) is 5.78 Å². The molecule has 3 aromatic rings. The van der Waals surface area contributed by atoms with Gasteiger partial charge in [-0.15, -0.1) is 0 Å². The van der Waals surface area contributed by atoms with Crippen LogP contribution in [0, 0.1) is 24.0 Å². The number of ketones is 1. The lowest BCUT2D eigenvalue weighted by atomic mass is 10.0. The van der Waals surface area contributed by atoms with Crippen LogP contribution >= 0.6 is 0 Å². The number of hydrogen-bond acceptors (Lipinski definition) is 5. The molecule has 3 aromatic carbocycles. The van der Waals surface area contributed by atoms with Gasteiger partial charge in [0.05, 0.1) is 10.5 Å². The summed E-state index contributed by atoms with van der Waals surface area (Å²) < 4.78 is 11.7. The van der Waals surface area contributed by atoms with Gasteiger partial charge in [-0.1, -0.05) is 24.3 Å². The summed E-state index contributed by atoms with van der Waals surface area (Å²) in [4.78, 5) is 23.1. The second-order valence-electron chi connectivity index (χ2n) is 7.12. The van der Waals surface area contributed by atoms with Gasteiger partial charge in [-0.05, 0) is 60.4 Å². The molecule has 0 aromatic heterocycles. The Morgan fingerprint density at radius 1 is 1.03 bits per heavy atom. The summed E-state index contributed by atoms with van der Waals surface area (Å²) in [5, 5.41) is 10.8. The smallest absolute Gasteiger partial charge is 0.269 e. The molecule has 0 unspecified atom stereocenters. The summed E-state index contributed by atoms with van der Waals surface area (Å²) >= 11 is 0. The second kappa shape index (κ2) is 7.83. The maximum atomic E-state index is 12.8. The van der Waals surface area contributed by atoms with Crippen molar-refractivity contribution in [2.45, 2.75) is 20.5 Å². The number of carbonyl (C=O) groups is 1. The molecule has 0 bridgehead atoms. The van der Waals surface area contributed by atoms with Gasteiger partial charge in [0.15, 0.2) is 5.76 Å². The number of hydrogen-bond donors (Lipinski definition) is 0. The van der Waals surface area contributed by atoms with E-state index in [9.17, 15) is 14.9 Å². The molecule has 1 heterocycles. The molecule has 4 rings (SSSR count). The van der Waals surface area contributed by atoms with Gasteiger partial charge in [-0.2, -0.15) is 0 Å². The average Bonchev–Trinajstić information content (AvgIpc) is 3.04. The van der Waals surface area contributed by atoms with E-state index in [1.54, 1.807) is 30.3 Å². The molecule has 0 atom stereocenters. The van der Waals surface area contributed by atoms with E-state index in [4.69, 9.17) is 9.47 Å². The van der Waals surface area contributed by atoms with Gasteiger partial charge in [-0.25, -0.2) is 0 Å². The quantitative estimate of drug-likeness (QED) is 0.325. The number of fused-ring (bicyclic) bond motifs is 1. The van der Waals surface area contributed by atoms with Gasteiger partial charge in [0.25, 0.3) is 5.69 Å². The lowest BCUT2D eigenvalue weighted by Gasteiger charge is -2.09. The van der Waals surface area contributed by atoms with E-state index in [1.807, 2.05) is 38.1 Å². The highest BCUT2D eigenvalue weighted by molar-refractivity contribution is 6.15. The molecular formula is C24H19NO5. The predicted octanol–water partition coefficient (Wildman–Crippen LogP) is 5.41. The Labute approximate surface area is 173 Å². The van der Waals surface area contributed by atoms with E-state index in [0.29, 0.717) is 17.1 Å². The van der Waals surface area contributed by atoms with Crippen LogP contribution in [0.1, 0.15) is 32.6 Å². The first-order valence-electron chi connectivity index (χ1n) is 9.43. The van der Waals surface area contributed by atoms with Crippen molar-refractivity contribution in [1.82, 2.24) is 0 Å². The van der Waals surface area contributed by atoms with Crippen LogP contribution in [0.4, 0.5) is 5.69 Å². The number of benzene rings is 3. The zero-order valence-corrected chi connectivity index (χ0v) is 16.5. The molecule has 1 aliphatic heterocycles. The van der Waals surface area contributed by atoms with Gasteiger partial charge >= 0.3 is 0 Å². The topological polar surface area (TPSA) is 78.7 Å². The van der Waals surface area contributed by atoms with Crippen LogP contribution in [-0.4, -0.2) is 10.7 Å². The lowest BCUT2D eigenvalue weighted by Crippen LogP contribution is -2.00. The van der Waals surface area contributed by atoms with Crippen LogP contribution < -0.4 is 9.47 Å². The molecule has 6 nitrogen and oxygen atoms in total. The molecule has 0 fully saturated rings. The maximum Gasteiger partial charge on any atom is 0.269 e. The highest BCUT2D eigenvalue weighted by Crippen LogP contribution is 2.38. The van der Waals surface area contributed by atoms with Crippen LogP contribution in [0.25, 0.3) is 6.08 Å². The van der Waals surface area contributed by atoms with E-state index >= 15 is 0 Å². The SMILES string of the molecule is Cc1ccccc1/C=C1\Oc2cc(OCc3ccc([N+](=O)[O-])cc3)cc(C)c2C1=O. The minimum atomic E-state index is -0.440. The van der Waals surface area contributed by atoms with Crippen LogP contribution in [-0.2, 0) is 6.61 Å². The second-order valence-corrected chi connectivity index (χ2v) is 7.12. The van der Waals surface area contributed by atoms with E-state index in [0.717, 1.165) is 22.3 Å². The minimum Gasteiger partial charge on any atom is -0.489 e. The third-order valence-corrected chi connectivity index (χ3v) is 4.97. The molecule has 0 aliphatic carbocycles. The normalized spacial score (nSPS) is 13.8. The lowest BCUT2D eigenvalue weighted by molar-refractivity contribution is -0.384. The molecule has 0 saturated heterocycles. The molecule has 150 valence electrons. The van der Waals surface area contributed by atoms with Gasteiger partial charge in [-0.3, -0.25) is 14.9 Å². The van der Waals surface area contributed by atoms with Crippen LogP contribution in [0.15, 0.2) is 66.4 Å². The highest BCUT2D eigenvalue weighted by atomic mass is 16.6. The fourth-order valence-electron chi connectivity index (χ4n) is 3.33.